The second-order valence-corrected chi connectivity index (χ2v) is 7.57. The van der Waals surface area contributed by atoms with Crippen LogP contribution in [0.3, 0.4) is 0 Å². The van der Waals surface area contributed by atoms with Crippen LogP contribution in [0.4, 0.5) is 0 Å². The van der Waals surface area contributed by atoms with Crippen molar-refractivity contribution in [2.45, 2.75) is 51.6 Å². The van der Waals surface area contributed by atoms with Crippen LogP contribution in [0.15, 0.2) is 42.5 Å². The number of likely N-dealkylation sites (N-methyl/N-ethyl adjacent to an activating group) is 1. The monoisotopic (exact) mass is 352 g/mol. The first-order valence-electron chi connectivity index (χ1n) is 9.47. The summed E-state index contributed by atoms with van der Waals surface area (Å²) in [5.41, 5.74) is 2.63. The maximum Gasteiger partial charge on any atom is 0.254 e. The van der Waals surface area contributed by atoms with Gasteiger partial charge in [0.25, 0.3) is 5.91 Å². The van der Waals surface area contributed by atoms with Gasteiger partial charge in [-0.05, 0) is 63.3 Å². The Labute approximate surface area is 155 Å². The molecule has 2 aromatic rings. The third kappa shape index (κ3) is 4.31. The first kappa shape index (κ1) is 18.6. The molecular weight excluding hydrogens is 324 g/mol. The van der Waals surface area contributed by atoms with Crippen LogP contribution in [-0.2, 0) is 12.0 Å². The summed E-state index contributed by atoms with van der Waals surface area (Å²) in [5.74, 6) is 0.660. The molecule has 0 radical (unpaired) electrons. The zero-order valence-corrected chi connectivity index (χ0v) is 15.9. The molecule has 1 saturated carbocycles. The van der Waals surface area contributed by atoms with E-state index in [1.807, 2.05) is 48.2 Å². The number of aromatic nitrogens is 1. The van der Waals surface area contributed by atoms with E-state index in [0.29, 0.717) is 31.1 Å². The van der Waals surface area contributed by atoms with Crippen molar-refractivity contribution in [2.75, 3.05) is 13.1 Å². The number of amides is 1. The molecule has 1 aromatic heterocycles. The van der Waals surface area contributed by atoms with Gasteiger partial charge in [0.2, 0.25) is 0 Å². The normalized spacial score (nSPS) is 14.3. The van der Waals surface area contributed by atoms with Crippen molar-refractivity contribution < 1.29 is 9.90 Å². The molecule has 1 fully saturated rings. The molecule has 1 heterocycles. The average Bonchev–Trinajstić information content (AvgIpc) is 3.46. The molecule has 0 unspecified atom stereocenters. The fourth-order valence-electron chi connectivity index (χ4n) is 3.22. The standard InChI is InChI=1S/C22H28N2O2/c1-4-24(15-14-17-8-7-11-20(23-17)22(2,3)26)21(25)19-10-6-5-9-18(19)16-12-13-16/h5-11,16,26H,4,12-15H2,1-3H3. The lowest BCUT2D eigenvalue weighted by atomic mass is 10.0. The van der Waals surface area contributed by atoms with Crippen molar-refractivity contribution in [3.63, 3.8) is 0 Å². The van der Waals surface area contributed by atoms with E-state index in [0.717, 1.165) is 11.3 Å². The Hall–Kier alpha value is -2.20. The second kappa shape index (κ2) is 7.58. The summed E-state index contributed by atoms with van der Waals surface area (Å²) >= 11 is 0. The van der Waals surface area contributed by atoms with E-state index < -0.39 is 5.60 Å². The number of pyridine rings is 1. The fourth-order valence-corrected chi connectivity index (χ4v) is 3.22. The maximum atomic E-state index is 13.0. The number of hydrogen-bond donors (Lipinski definition) is 1. The highest BCUT2D eigenvalue weighted by Gasteiger charge is 2.29. The average molecular weight is 352 g/mol. The van der Waals surface area contributed by atoms with Crippen molar-refractivity contribution in [1.29, 1.82) is 0 Å². The summed E-state index contributed by atoms with van der Waals surface area (Å²) in [6.07, 6.45) is 3.04. The SMILES string of the molecule is CCN(CCc1cccc(C(C)(C)O)n1)C(=O)c1ccccc1C1CC1. The van der Waals surface area contributed by atoms with Gasteiger partial charge in [-0.1, -0.05) is 24.3 Å². The number of hydrogen-bond acceptors (Lipinski definition) is 3. The Bertz CT molecular complexity index is 776. The Balaban J connectivity index is 1.71. The van der Waals surface area contributed by atoms with Crippen molar-refractivity contribution in [3.05, 3.63) is 65.0 Å². The third-order valence-electron chi connectivity index (χ3n) is 4.95. The van der Waals surface area contributed by atoms with Gasteiger partial charge in [0.1, 0.15) is 5.60 Å². The van der Waals surface area contributed by atoms with Crippen molar-refractivity contribution in [2.24, 2.45) is 0 Å². The summed E-state index contributed by atoms with van der Waals surface area (Å²) in [5, 5.41) is 10.1. The summed E-state index contributed by atoms with van der Waals surface area (Å²) in [4.78, 5) is 19.5. The highest BCUT2D eigenvalue weighted by atomic mass is 16.3. The van der Waals surface area contributed by atoms with Gasteiger partial charge in [0.15, 0.2) is 0 Å². The van der Waals surface area contributed by atoms with E-state index in [4.69, 9.17) is 0 Å². The number of nitrogens with zero attached hydrogens (tertiary/aromatic N) is 2. The van der Waals surface area contributed by atoms with Crippen LogP contribution in [0.1, 0.15) is 66.8 Å². The quantitative estimate of drug-likeness (QED) is 0.822. The van der Waals surface area contributed by atoms with Crippen LogP contribution in [0.25, 0.3) is 0 Å². The van der Waals surface area contributed by atoms with E-state index >= 15 is 0 Å². The lowest BCUT2D eigenvalue weighted by Crippen LogP contribution is -2.33. The maximum absolute atomic E-state index is 13.0. The largest absolute Gasteiger partial charge is 0.384 e. The molecule has 0 atom stereocenters. The molecule has 1 aromatic carbocycles. The van der Waals surface area contributed by atoms with Gasteiger partial charge in [-0.3, -0.25) is 9.78 Å². The van der Waals surface area contributed by atoms with Gasteiger partial charge in [0, 0.05) is 30.8 Å². The Morgan fingerprint density at radius 2 is 1.92 bits per heavy atom. The van der Waals surface area contributed by atoms with Crippen molar-refractivity contribution in [3.8, 4) is 0 Å². The minimum absolute atomic E-state index is 0.105. The van der Waals surface area contributed by atoms with Crippen molar-refractivity contribution >= 4 is 5.91 Å². The first-order chi connectivity index (χ1) is 12.4. The molecule has 3 rings (SSSR count). The number of carbonyl (C=O) groups is 1. The summed E-state index contributed by atoms with van der Waals surface area (Å²) in [6.45, 7) is 6.77. The Morgan fingerprint density at radius 3 is 2.58 bits per heavy atom. The van der Waals surface area contributed by atoms with Gasteiger partial charge in [-0.15, -0.1) is 0 Å². The lowest BCUT2D eigenvalue weighted by Gasteiger charge is -2.23. The smallest absolute Gasteiger partial charge is 0.254 e. The lowest BCUT2D eigenvalue weighted by molar-refractivity contribution is 0.0728. The van der Waals surface area contributed by atoms with Crippen LogP contribution < -0.4 is 0 Å². The molecule has 0 aliphatic heterocycles. The number of aliphatic hydroxyl groups is 1. The molecule has 138 valence electrons. The van der Waals surface area contributed by atoms with Crippen LogP contribution in [0.2, 0.25) is 0 Å². The number of rotatable bonds is 7. The predicted octanol–water partition coefficient (Wildman–Crippen LogP) is 3.89. The summed E-state index contributed by atoms with van der Waals surface area (Å²) < 4.78 is 0. The van der Waals surface area contributed by atoms with E-state index in [1.165, 1.54) is 18.4 Å². The Morgan fingerprint density at radius 1 is 1.19 bits per heavy atom. The van der Waals surface area contributed by atoms with Crippen LogP contribution in [0.5, 0.6) is 0 Å². The van der Waals surface area contributed by atoms with E-state index in [9.17, 15) is 9.90 Å². The Kier molecular flexibility index (Phi) is 5.42. The minimum Gasteiger partial charge on any atom is -0.384 e. The second-order valence-electron chi connectivity index (χ2n) is 7.57. The van der Waals surface area contributed by atoms with Gasteiger partial charge in [-0.2, -0.15) is 0 Å². The van der Waals surface area contributed by atoms with Gasteiger partial charge >= 0.3 is 0 Å². The summed E-state index contributed by atoms with van der Waals surface area (Å²) in [6, 6.07) is 13.7. The molecular formula is C22H28N2O2. The molecule has 1 aliphatic rings. The summed E-state index contributed by atoms with van der Waals surface area (Å²) in [7, 11) is 0. The fraction of sp³-hybridized carbons (Fsp3) is 0.455. The number of carbonyl (C=O) groups excluding carboxylic acids is 1. The van der Waals surface area contributed by atoms with E-state index in [-0.39, 0.29) is 5.91 Å². The van der Waals surface area contributed by atoms with E-state index in [2.05, 4.69) is 11.1 Å². The molecule has 1 N–H and O–H groups in total. The topological polar surface area (TPSA) is 53.4 Å². The number of benzene rings is 1. The van der Waals surface area contributed by atoms with E-state index in [1.54, 1.807) is 13.8 Å². The van der Waals surface area contributed by atoms with Crippen LogP contribution in [-0.4, -0.2) is 34.0 Å². The molecule has 0 spiro atoms. The van der Waals surface area contributed by atoms with Gasteiger partial charge in [0.05, 0.1) is 5.69 Å². The molecule has 1 amide bonds. The zero-order valence-electron chi connectivity index (χ0n) is 15.9. The minimum atomic E-state index is -0.959. The van der Waals surface area contributed by atoms with Crippen LogP contribution >= 0.6 is 0 Å². The van der Waals surface area contributed by atoms with Gasteiger partial charge in [-0.25, -0.2) is 0 Å². The molecule has 26 heavy (non-hydrogen) atoms. The highest BCUT2D eigenvalue weighted by Crippen LogP contribution is 2.41. The molecule has 4 nitrogen and oxygen atoms in total. The van der Waals surface area contributed by atoms with Gasteiger partial charge < -0.3 is 10.0 Å². The first-order valence-corrected chi connectivity index (χ1v) is 9.47. The third-order valence-corrected chi connectivity index (χ3v) is 4.95. The molecule has 0 saturated heterocycles. The van der Waals surface area contributed by atoms with Crippen molar-refractivity contribution in [1.82, 2.24) is 9.88 Å². The predicted molar refractivity (Wildman–Crippen MR) is 103 cm³/mol. The molecule has 0 bridgehead atoms. The highest BCUT2D eigenvalue weighted by molar-refractivity contribution is 5.96. The zero-order chi connectivity index (χ0) is 18.7. The molecule has 1 aliphatic carbocycles. The van der Waals surface area contributed by atoms with Crippen LogP contribution in [0, 0.1) is 0 Å². The molecule has 4 heteroatoms.